The number of nitrogens with zero attached hydrogens (tertiary/aromatic N) is 1. The SMILES string of the molecule is Cc1ccc(N2C(=O)C(Nc3ccc(F)c(F)c3)=C(c3ccc(F)cc3)C2=O)c(C)c1. The number of amides is 2. The molecule has 156 valence electrons. The Morgan fingerprint density at radius 1 is 0.774 bits per heavy atom. The Bertz CT molecular complexity index is 1250. The van der Waals surface area contributed by atoms with Crippen LogP contribution in [0.5, 0.6) is 0 Å². The van der Waals surface area contributed by atoms with Crippen molar-refractivity contribution in [1.82, 2.24) is 0 Å². The Kier molecular flexibility index (Phi) is 5.10. The monoisotopic (exact) mass is 422 g/mol. The molecule has 0 unspecified atom stereocenters. The van der Waals surface area contributed by atoms with Crippen LogP contribution in [0.15, 0.2) is 66.4 Å². The molecule has 0 spiro atoms. The summed E-state index contributed by atoms with van der Waals surface area (Å²) in [4.78, 5) is 27.7. The smallest absolute Gasteiger partial charge is 0.282 e. The van der Waals surface area contributed by atoms with E-state index in [4.69, 9.17) is 0 Å². The molecule has 0 aromatic heterocycles. The number of rotatable bonds is 4. The number of imide groups is 1. The molecule has 1 aliphatic rings. The number of hydrogen-bond donors (Lipinski definition) is 1. The van der Waals surface area contributed by atoms with Crippen LogP contribution in [0.3, 0.4) is 0 Å². The van der Waals surface area contributed by atoms with E-state index < -0.39 is 29.3 Å². The second-order valence-corrected chi connectivity index (χ2v) is 7.25. The lowest BCUT2D eigenvalue weighted by Crippen LogP contribution is -2.33. The van der Waals surface area contributed by atoms with Crippen LogP contribution in [0.4, 0.5) is 24.5 Å². The minimum atomic E-state index is -1.10. The minimum Gasteiger partial charge on any atom is -0.350 e. The van der Waals surface area contributed by atoms with Gasteiger partial charge in [-0.25, -0.2) is 18.1 Å². The summed E-state index contributed by atoms with van der Waals surface area (Å²) in [5, 5.41) is 2.75. The summed E-state index contributed by atoms with van der Waals surface area (Å²) in [6.45, 7) is 3.67. The maximum Gasteiger partial charge on any atom is 0.282 e. The second-order valence-electron chi connectivity index (χ2n) is 7.25. The van der Waals surface area contributed by atoms with Crippen molar-refractivity contribution >= 4 is 28.8 Å². The number of hydrogen-bond acceptors (Lipinski definition) is 3. The highest BCUT2D eigenvalue weighted by atomic mass is 19.2. The highest BCUT2D eigenvalue weighted by Gasteiger charge is 2.40. The van der Waals surface area contributed by atoms with E-state index in [2.05, 4.69) is 5.32 Å². The van der Waals surface area contributed by atoms with Crippen LogP contribution < -0.4 is 10.2 Å². The second kappa shape index (κ2) is 7.75. The van der Waals surface area contributed by atoms with Gasteiger partial charge in [0.05, 0.1) is 11.3 Å². The van der Waals surface area contributed by atoms with Crippen LogP contribution >= 0.6 is 0 Å². The van der Waals surface area contributed by atoms with Crippen LogP contribution in [-0.4, -0.2) is 11.8 Å². The molecule has 0 radical (unpaired) electrons. The molecule has 1 heterocycles. The topological polar surface area (TPSA) is 49.4 Å². The Balaban J connectivity index is 1.84. The summed E-state index contributed by atoms with van der Waals surface area (Å²) in [5.74, 6) is -3.89. The quantitative estimate of drug-likeness (QED) is 0.594. The molecule has 3 aromatic rings. The van der Waals surface area contributed by atoms with Crippen molar-refractivity contribution in [3.05, 3.63) is 101 Å². The predicted molar refractivity (Wildman–Crippen MR) is 112 cm³/mol. The highest BCUT2D eigenvalue weighted by Crippen LogP contribution is 2.35. The normalized spacial score (nSPS) is 13.9. The average Bonchev–Trinajstić information content (AvgIpc) is 2.96. The number of carbonyl (C=O) groups excluding carboxylic acids is 2. The number of aryl methyl sites for hydroxylation is 2. The Labute approximate surface area is 176 Å². The largest absolute Gasteiger partial charge is 0.350 e. The van der Waals surface area contributed by atoms with Crippen LogP contribution in [0, 0.1) is 31.3 Å². The average molecular weight is 422 g/mol. The van der Waals surface area contributed by atoms with Gasteiger partial charge < -0.3 is 5.32 Å². The van der Waals surface area contributed by atoms with E-state index in [1.165, 1.54) is 30.3 Å². The highest BCUT2D eigenvalue weighted by molar-refractivity contribution is 6.46. The molecular weight excluding hydrogens is 405 g/mol. The number of nitrogens with one attached hydrogen (secondary N) is 1. The summed E-state index contributed by atoms with van der Waals surface area (Å²) in [6.07, 6.45) is 0. The third-order valence-corrected chi connectivity index (χ3v) is 5.00. The summed E-state index contributed by atoms with van der Waals surface area (Å²) in [7, 11) is 0. The van der Waals surface area contributed by atoms with Crippen molar-refractivity contribution in [3.8, 4) is 0 Å². The zero-order valence-electron chi connectivity index (χ0n) is 16.7. The van der Waals surface area contributed by atoms with E-state index in [1.54, 1.807) is 19.1 Å². The molecular formula is C24H17F3N2O2. The maximum absolute atomic E-state index is 13.7. The molecule has 3 aromatic carbocycles. The lowest BCUT2D eigenvalue weighted by Gasteiger charge is -2.18. The third-order valence-electron chi connectivity index (χ3n) is 5.00. The Hall–Kier alpha value is -3.87. The zero-order valence-corrected chi connectivity index (χ0v) is 16.7. The van der Waals surface area contributed by atoms with Crippen molar-refractivity contribution in [1.29, 1.82) is 0 Å². The van der Waals surface area contributed by atoms with E-state index in [1.807, 2.05) is 13.0 Å². The first-order valence-corrected chi connectivity index (χ1v) is 9.44. The molecule has 2 amide bonds. The molecule has 0 atom stereocenters. The lowest BCUT2D eigenvalue weighted by molar-refractivity contribution is -0.120. The molecule has 0 saturated heterocycles. The Morgan fingerprint density at radius 2 is 1.48 bits per heavy atom. The molecule has 1 aliphatic heterocycles. The molecule has 31 heavy (non-hydrogen) atoms. The standard InChI is InChI=1S/C24H17F3N2O2/c1-13-3-10-20(14(2)11-13)29-23(30)21(15-4-6-16(25)7-5-15)22(24(29)31)28-17-8-9-18(26)19(27)12-17/h3-12,28H,1-2H3. The maximum atomic E-state index is 13.7. The van der Waals surface area contributed by atoms with E-state index in [0.29, 0.717) is 16.8 Å². The summed E-state index contributed by atoms with van der Waals surface area (Å²) in [6, 6.07) is 13.5. The summed E-state index contributed by atoms with van der Waals surface area (Å²) >= 11 is 0. The first-order chi connectivity index (χ1) is 14.8. The summed E-state index contributed by atoms with van der Waals surface area (Å²) in [5.41, 5.74) is 2.40. The van der Waals surface area contributed by atoms with Crippen LogP contribution in [0.2, 0.25) is 0 Å². The first kappa shape index (κ1) is 20.4. The van der Waals surface area contributed by atoms with Crippen LogP contribution in [0.25, 0.3) is 5.57 Å². The van der Waals surface area contributed by atoms with Gasteiger partial charge in [0.2, 0.25) is 0 Å². The third kappa shape index (κ3) is 3.70. The van der Waals surface area contributed by atoms with Gasteiger partial charge in [-0.2, -0.15) is 0 Å². The molecule has 4 nitrogen and oxygen atoms in total. The van der Waals surface area contributed by atoms with Gasteiger partial charge in [0.1, 0.15) is 11.5 Å². The van der Waals surface area contributed by atoms with Gasteiger partial charge in [0.15, 0.2) is 11.6 Å². The van der Waals surface area contributed by atoms with E-state index in [9.17, 15) is 22.8 Å². The Morgan fingerprint density at radius 3 is 2.13 bits per heavy atom. The molecule has 0 bridgehead atoms. The van der Waals surface area contributed by atoms with Crippen LogP contribution in [0.1, 0.15) is 16.7 Å². The van der Waals surface area contributed by atoms with Crippen molar-refractivity contribution in [2.24, 2.45) is 0 Å². The van der Waals surface area contributed by atoms with Crippen LogP contribution in [-0.2, 0) is 9.59 Å². The fourth-order valence-electron chi connectivity index (χ4n) is 3.52. The fraction of sp³-hybridized carbons (Fsp3) is 0.0833. The molecule has 1 N–H and O–H groups in total. The van der Waals surface area contributed by atoms with Crippen molar-refractivity contribution < 1.29 is 22.8 Å². The van der Waals surface area contributed by atoms with Crippen molar-refractivity contribution in [3.63, 3.8) is 0 Å². The molecule has 7 heteroatoms. The van der Waals surface area contributed by atoms with Gasteiger partial charge in [-0.15, -0.1) is 0 Å². The zero-order chi connectivity index (χ0) is 22.3. The summed E-state index contributed by atoms with van der Waals surface area (Å²) < 4.78 is 40.4. The fourth-order valence-corrected chi connectivity index (χ4v) is 3.52. The molecule has 0 fully saturated rings. The first-order valence-electron chi connectivity index (χ1n) is 9.44. The predicted octanol–water partition coefficient (Wildman–Crippen LogP) is 5.12. The van der Waals surface area contributed by atoms with Gasteiger partial charge in [-0.1, -0.05) is 29.8 Å². The van der Waals surface area contributed by atoms with Gasteiger partial charge >= 0.3 is 0 Å². The van der Waals surface area contributed by atoms with Crippen molar-refractivity contribution in [2.75, 3.05) is 10.2 Å². The van der Waals surface area contributed by atoms with Crippen molar-refractivity contribution in [2.45, 2.75) is 13.8 Å². The molecule has 0 saturated carbocycles. The number of benzene rings is 3. The van der Waals surface area contributed by atoms with Gasteiger partial charge in [-0.05, 0) is 55.3 Å². The molecule has 4 rings (SSSR count). The van der Waals surface area contributed by atoms with Gasteiger partial charge in [0, 0.05) is 11.8 Å². The number of anilines is 2. The van der Waals surface area contributed by atoms with Gasteiger partial charge in [0.25, 0.3) is 11.8 Å². The molecule has 0 aliphatic carbocycles. The van der Waals surface area contributed by atoms with Gasteiger partial charge in [-0.3, -0.25) is 9.59 Å². The van der Waals surface area contributed by atoms with E-state index >= 15 is 0 Å². The van der Waals surface area contributed by atoms with E-state index in [-0.39, 0.29) is 17.0 Å². The lowest BCUT2D eigenvalue weighted by atomic mass is 10.0. The number of halogens is 3. The van der Waals surface area contributed by atoms with E-state index in [0.717, 1.165) is 22.6 Å². The minimum absolute atomic E-state index is 0.00899. The number of carbonyl (C=O) groups is 2.